The molecule has 1 amide bonds. The highest BCUT2D eigenvalue weighted by Gasteiger charge is 2.36. The molecular weight excluding hydrogens is 488 g/mol. The second-order valence-electron chi connectivity index (χ2n) is 8.49. The number of aliphatic carboxylic acids is 1. The zero-order valence-corrected chi connectivity index (χ0v) is 20.5. The molecule has 0 bridgehead atoms. The summed E-state index contributed by atoms with van der Waals surface area (Å²) < 4.78 is 5.56. The molecule has 5 rings (SSSR count). The molecule has 0 spiro atoms. The average molecular weight is 513 g/mol. The first-order chi connectivity index (χ1) is 17.0. The number of rotatable bonds is 7. The van der Waals surface area contributed by atoms with E-state index in [1.807, 2.05) is 40.6 Å². The fourth-order valence-corrected chi connectivity index (χ4v) is 6.15. The van der Waals surface area contributed by atoms with Crippen molar-refractivity contribution in [3.63, 3.8) is 0 Å². The van der Waals surface area contributed by atoms with Gasteiger partial charge < -0.3 is 19.6 Å². The molecule has 11 heteroatoms. The largest absolute Gasteiger partial charge is 0.480 e. The summed E-state index contributed by atoms with van der Waals surface area (Å²) in [5.41, 5.74) is 1.18. The van der Waals surface area contributed by atoms with Crippen LogP contribution in [0.3, 0.4) is 0 Å². The van der Waals surface area contributed by atoms with Crippen LogP contribution in [0.2, 0.25) is 0 Å². The minimum Gasteiger partial charge on any atom is -0.480 e. The van der Waals surface area contributed by atoms with Gasteiger partial charge in [0.05, 0.1) is 0 Å². The van der Waals surface area contributed by atoms with Crippen molar-refractivity contribution >= 4 is 46.3 Å². The van der Waals surface area contributed by atoms with Crippen LogP contribution in [-0.4, -0.2) is 63.0 Å². The molecule has 9 nitrogen and oxygen atoms in total. The number of benzene rings is 1. The van der Waals surface area contributed by atoms with E-state index in [0.29, 0.717) is 48.2 Å². The van der Waals surface area contributed by atoms with E-state index in [9.17, 15) is 19.5 Å². The van der Waals surface area contributed by atoms with Crippen molar-refractivity contribution in [2.45, 2.75) is 44.4 Å². The Hall–Kier alpha value is -3.31. The van der Waals surface area contributed by atoms with E-state index in [2.05, 4.69) is 4.98 Å². The molecule has 2 atom stereocenters. The molecule has 0 saturated carbocycles. The van der Waals surface area contributed by atoms with E-state index in [1.54, 1.807) is 5.38 Å². The summed E-state index contributed by atoms with van der Waals surface area (Å²) in [6.45, 7) is 1.37. The Kier molecular flexibility index (Phi) is 6.78. The number of amides is 1. The average Bonchev–Trinajstić information content (AvgIpc) is 3.68. The molecule has 2 aliphatic heterocycles. The molecule has 2 aliphatic rings. The van der Waals surface area contributed by atoms with Gasteiger partial charge in [0, 0.05) is 23.8 Å². The number of carboxylic acid groups (broad SMARTS) is 1. The third-order valence-corrected chi connectivity index (χ3v) is 8.05. The number of aromatic nitrogens is 2. The molecule has 35 heavy (non-hydrogen) atoms. The van der Waals surface area contributed by atoms with Gasteiger partial charge in [-0.15, -0.1) is 22.7 Å². The number of carboxylic acids is 1. The van der Waals surface area contributed by atoms with Crippen LogP contribution in [0, 0.1) is 0 Å². The van der Waals surface area contributed by atoms with Crippen molar-refractivity contribution in [2.75, 3.05) is 18.0 Å². The number of anilines is 1. The molecule has 0 radical (unpaired) electrons. The Balaban J connectivity index is 1.26. The highest BCUT2D eigenvalue weighted by atomic mass is 32.1. The maximum atomic E-state index is 12.8. The van der Waals surface area contributed by atoms with Crippen molar-refractivity contribution in [2.24, 2.45) is 0 Å². The predicted octanol–water partition coefficient (Wildman–Crippen LogP) is 3.67. The van der Waals surface area contributed by atoms with Crippen LogP contribution in [0.1, 0.15) is 41.7 Å². The van der Waals surface area contributed by atoms with Crippen molar-refractivity contribution in [3.8, 4) is 10.0 Å². The third kappa shape index (κ3) is 4.92. The van der Waals surface area contributed by atoms with Crippen LogP contribution in [0.5, 0.6) is 0 Å². The van der Waals surface area contributed by atoms with Crippen molar-refractivity contribution in [1.82, 2.24) is 14.9 Å². The SMILES string of the molecule is O=C(O)[C@H]1CCCN1C(=O)c1csc(-c2nc(N3CCC[C@@H]3C(=O)OCc3ccccc3)cs2)n1. The van der Waals surface area contributed by atoms with Crippen LogP contribution >= 0.6 is 22.7 Å². The molecule has 3 aromatic rings. The van der Waals surface area contributed by atoms with Gasteiger partial charge in [-0.3, -0.25) is 4.79 Å². The van der Waals surface area contributed by atoms with E-state index < -0.39 is 12.0 Å². The number of hydrogen-bond donors (Lipinski definition) is 1. The molecule has 1 N–H and O–H groups in total. The lowest BCUT2D eigenvalue weighted by molar-refractivity contribution is -0.146. The van der Waals surface area contributed by atoms with Gasteiger partial charge in [0.15, 0.2) is 10.0 Å². The minimum atomic E-state index is -0.988. The Morgan fingerprint density at radius 1 is 0.971 bits per heavy atom. The number of thiazole rings is 2. The van der Waals surface area contributed by atoms with Crippen molar-refractivity contribution in [3.05, 3.63) is 52.3 Å². The highest BCUT2D eigenvalue weighted by molar-refractivity contribution is 7.20. The van der Waals surface area contributed by atoms with E-state index in [4.69, 9.17) is 9.72 Å². The van der Waals surface area contributed by atoms with E-state index >= 15 is 0 Å². The number of carbonyl (C=O) groups is 3. The first-order valence-corrected chi connectivity index (χ1v) is 13.2. The Morgan fingerprint density at radius 3 is 2.49 bits per heavy atom. The number of likely N-dealkylation sites (tertiary alicyclic amines) is 1. The van der Waals surface area contributed by atoms with Crippen LogP contribution in [0.25, 0.3) is 10.0 Å². The van der Waals surface area contributed by atoms with Gasteiger partial charge in [-0.1, -0.05) is 30.3 Å². The van der Waals surface area contributed by atoms with Crippen molar-refractivity contribution < 1.29 is 24.2 Å². The standard InChI is InChI=1S/C24H24N4O5S2/c29-22(28-11-4-8-17(28)23(30)31)16-13-34-20(25-16)21-26-19(14-35-21)27-10-5-9-18(27)24(32)33-12-15-6-2-1-3-7-15/h1-3,6-7,13-14,17-18H,4-5,8-12H2,(H,30,31)/t17-,18-/m1/s1. The number of hydrogen-bond acceptors (Lipinski definition) is 9. The Morgan fingerprint density at radius 2 is 1.69 bits per heavy atom. The fourth-order valence-electron chi connectivity index (χ4n) is 4.49. The van der Waals surface area contributed by atoms with Gasteiger partial charge >= 0.3 is 11.9 Å². The van der Waals surface area contributed by atoms with Gasteiger partial charge in [-0.05, 0) is 31.2 Å². The lowest BCUT2D eigenvalue weighted by atomic mass is 10.2. The number of nitrogens with zero attached hydrogens (tertiary/aromatic N) is 4. The molecule has 0 aliphatic carbocycles. The molecule has 0 unspecified atom stereocenters. The summed E-state index contributed by atoms with van der Waals surface area (Å²) in [6, 6.07) is 8.41. The van der Waals surface area contributed by atoms with E-state index in [-0.39, 0.29) is 30.2 Å². The molecule has 2 aromatic heterocycles. The second-order valence-corrected chi connectivity index (χ2v) is 10.2. The number of esters is 1. The van der Waals surface area contributed by atoms with Crippen LogP contribution in [0.4, 0.5) is 5.82 Å². The molecular formula is C24H24N4O5S2. The maximum absolute atomic E-state index is 12.8. The summed E-state index contributed by atoms with van der Waals surface area (Å²) in [5.74, 6) is -0.923. The smallest absolute Gasteiger partial charge is 0.329 e. The van der Waals surface area contributed by atoms with Gasteiger partial charge in [-0.25, -0.2) is 19.6 Å². The lowest BCUT2D eigenvalue weighted by Crippen LogP contribution is -2.40. The molecule has 182 valence electrons. The summed E-state index contributed by atoms with van der Waals surface area (Å²) in [6.07, 6.45) is 2.70. The van der Waals surface area contributed by atoms with Gasteiger partial charge in [-0.2, -0.15) is 0 Å². The van der Waals surface area contributed by atoms with Crippen molar-refractivity contribution in [1.29, 1.82) is 0 Å². The third-order valence-electron chi connectivity index (χ3n) is 6.24. The monoisotopic (exact) mass is 512 g/mol. The molecule has 4 heterocycles. The highest BCUT2D eigenvalue weighted by Crippen LogP contribution is 2.34. The summed E-state index contributed by atoms with van der Waals surface area (Å²) >= 11 is 2.70. The second kappa shape index (κ2) is 10.1. The Labute approximate surface area is 210 Å². The molecule has 1 aromatic carbocycles. The van der Waals surface area contributed by atoms with Crippen LogP contribution < -0.4 is 4.90 Å². The van der Waals surface area contributed by atoms with Gasteiger partial charge in [0.2, 0.25) is 0 Å². The van der Waals surface area contributed by atoms with E-state index in [0.717, 1.165) is 12.0 Å². The van der Waals surface area contributed by atoms with Crippen LogP contribution in [0.15, 0.2) is 41.1 Å². The van der Waals surface area contributed by atoms with Gasteiger partial charge in [0.25, 0.3) is 5.91 Å². The first-order valence-electron chi connectivity index (χ1n) is 11.4. The quantitative estimate of drug-likeness (QED) is 0.477. The number of ether oxygens (including phenoxy) is 1. The fraction of sp³-hybridized carbons (Fsp3) is 0.375. The zero-order chi connectivity index (χ0) is 24.4. The van der Waals surface area contributed by atoms with Crippen LogP contribution in [-0.2, 0) is 20.9 Å². The topological polar surface area (TPSA) is 113 Å². The molecule has 2 saturated heterocycles. The summed E-state index contributed by atoms with van der Waals surface area (Å²) in [5, 5.41) is 14.2. The van der Waals surface area contributed by atoms with E-state index in [1.165, 1.54) is 27.6 Å². The Bertz CT molecular complexity index is 1230. The maximum Gasteiger partial charge on any atom is 0.329 e. The molecule has 2 fully saturated rings. The summed E-state index contributed by atoms with van der Waals surface area (Å²) in [7, 11) is 0. The van der Waals surface area contributed by atoms with Gasteiger partial charge in [0.1, 0.15) is 30.2 Å². The normalized spacial score (nSPS) is 19.8. The predicted molar refractivity (Wildman–Crippen MR) is 132 cm³/mol. The zero-order valence-electron chi connectivity index (χ0n) is 18.8. The first kappa shape index (κ1) is 23.4. The minimum absolute atomic E-state index is 0.235. The summed E-state index contributed by atoms with van der Waals surface area (Å²) in [4.78, 5) is 49.5. The number of carbonyl (C=O) groups excluding carboxylic acids is 2. The lowest BCUT2D eigenvalue weighted by Gasteiger charge is -2.22.